The fourth-order valence-electron chi connectivity index (χ4n) is 1.56. The Hall–Kier alpha value is -1.26. The van der Waals surface area contributed by atoms with Gasteiger partial charge in [-0.25, -0.2) is 0 Å². The second-order valence-corrected chi connectivity index (χ2v) is 4.73. The van der Waals surface area contributed by atoms with Gasteiger partial charge < -0.3 is 10.1 Å². The summed E-state index contributed by atoms with van der Waals surface area (Å²) in [6.07, 6.45) is 0.360. The number of hydrogen-bond acceptors (Lipinski definition) is 3. The van der Waals surface area contributed by atoms with Crippen LogP contribution in [0.15, 0.2) is 18.2 Å². The van der Waals surface area contributed by atoms with Gasteiger partial charge in [0, 0.05) is 15.7 Å². The number of carbonyl (C=O) groups excluding carboxylic acids is 2. The molecule has 0 radical (unpaired) electrons. The van der Waals surface area contributed by atoms with Gasteiger partial charge in [0.25, 0.3) is 0 Å². The van der Waals surface area contributed by atoms with Crippen molar-refractivity contribution in [1.29, 1.82) is 0 Å². The Bertz CT molecular complexity index is 457. The van der Waals surface area contributed by atoms with Crippen LogP contribution in [-0.2, 0) is 14.3 Å². The lowest BCUT2D eigenvalue weighted by atomic mass is 10.1. The lowest BCUT2D eigenvalue weighted by Crippen LogP contribution is -2.30. The van der Waals surface area contributed by atoms with Gasteiger partial charge in [-0.15, -0.1) is 0 Å². The Balaban J connectivity index is 2.79. The Morgan fingerprint density at radius 1 is 1.21 bits per heavy atom. The highest BCUT2D eigenvalue weighted by molar-refractivity contribution is 6.35. The molecule has 0 aromatic heterocycles. The highest BCUT2D eigenvalue weighted by Gasteiger charge is 2.26. The highest BCUT2D eigenvalue weighted by Crippen LogP contribution is 2.23. The van der Waals surface area contributed by atoms with E-state index in [9.17, 15) is 9.59 Å². The van der Waals surface area contributed by atoms with Crippen molar-refractivity contribution in [3.8, 4) is 0 Å². The third-order valence-electron chi connectivity index (χ3n) is 2.43. The fraction of sp³-hybridized carbons (Fsp3) is 0.385. The standard InChI is InChI=1S/C13H15Cl2NO3/c1-3-11(13(18)19-4-2)12(17)16-10-6-8(14)5-9(15)7-10/h5-7,11H,3-4H2,1-2H3,(H,16,17). The maximum Gasteiger partial charge on any atom is 0.318 e. The van der Waals surface area contributed by atoms with E-state index in [0.29, 0.717) is 22.2 Å². The van der Waals surface area contributed by atoms with E-state index < -0.39 is 17.8 Å². The number of amides is 1. The first kappa shape index (κ1) is 15.8. The number of benzene rings is 1. The van der Waals surface area contributed by atoms with Gasteiger partial charge in [-0.05, 0) is 31.5 Å². The molecule has 0 aliphatic carbocycles. The Labute approximate surface area is 122 Å². The van der Waals surface area contributed by atoms with Crippen LogP contribution in [0.2, 0.25) is 10.0 Å². The van der Waals surface area contributed by atoms with Gasteiger partial charge in [-0.2, -0.15) is 0 Å². The molecule has 0 fully saturated rings. The molecule has 1 amide bonds. The monoisotopic (exact) mass is 303 g/mol. The maximum absolute atomic E-state index is 12.0. The van der Waals surface area contributed by atoms with Crippen molar-refractivity contribution in [1.82, 2.24) is 0 Å². The van der Waals surface area contributed by atoms with Crippen molar-refractivity contribution >= 4 is 40.8 Å². The molecule has 104 valence electrons. The minimum atomic E-state index is -0.835. The number of esters is 1. The lowest BCUT2D eigenvalue weighted by Gasteiger charge is -2.14. The SMILES string of the molecule is CCOC(=O)C(CC)C(=O)Nc1cc(Cl)cc(Cl)c1. The van der Waals surface area contributed by atoms with Crippen LogP contribution in [0.3, 0.4) is 0 Å². The molecule has 1 atom stereocenters. The molecule has 0 heterocycles. The van der Waals surface area contributed by atoms with E-state index in [4.69, 9.17) is 27.9 Å². The Morgan fingerprint density at radius 2 is 1.79 bits per heavy atom. The van der Waals surface area contributed by atoms with Crippen molar-refractivity contribution in [2.24, 2.45) is 5.92 Å². The smallest absolute Gasteiger partial charge is 0.318 e. The number of nitrogens with one attached hydrogen (secondary N) is 1. The summed E-state index contributed by atoms with van der Waals surface area (Å²) in [6, 6.07) is 4.67. The highest BCUT2D eigenvalue weighted by atomic mass is 35.5. The molecule has 0 bridgehead atoms. The molecule has 0 spiro atoms. The summed E-state index contributed by atoms with van der Waals surface area (Å²) >= 11 is 11.7. The fourth-order valence-corrected chi connectivity index (χ4v) is 2.08. The van der Waals surface area contributed by atoms with Crippen LogP contribution in [0.25, 0.3) is 0 Å². The van der Waals surface area contributed by atoms with Crippen LogP contribution in [0, 0.1) is 5.92 Å². The van der Waals surface area contributed by atoms with Crippen LogP contribution in [0.4, 0.5) is 5.69 Å². The predicted octanol–water partition coefficient (Wildman–Crippen LogP) is 3.52. The molecule has 1 unspecified atom stereocenters. The molecule has 1 rings (SSSR count). The first-order valence-corrected chi connectivity index (χ1v) is 6.67. The second-order valence-electron chi connectivity index (χ2n) is 3.86. The predicted molar refractivity (Wildman–Crippen MR) is 75.5 cm³/mol. The van der Waals surface area contributed by atoms with E-state index >= 15 is 0 Å². The number of halogens is 2. The molecule has 0 saturated heterocycles. The average molecular weight is 304 g/mol. The molecule has 4 nitrogen and oxygen atoms in total. The first-order chi connectivity index (χ1) is 8.97. The van der Waals surface area contributed by atoms with E-state index in [1.165, 1.54) is 0 Å². The minimum absolute atomic E-state index is 0.242. The number of anilines is 1. The van der Waals surface area contributed by atoms with Gasteiger partial charge in [-0.3, -0.25) is 9.59 Å². The molecular formula is C13H15Cl2NO3. The summed E-state index contributed by atoms with van der Waals surface area (Å²) in [5.74, 6) is -1.80. The van der Waals surface area contributed by atoms with Crippen molar-refractivity contribution in [3.05, 3.63) is 28.2 Å². The summed E-state index contributed by atoms with van der Waals surface area (Å²) in [5, 5.41) is 3.42. The number of carbonyl (C=O) groups is 2. The third-order valence-corrected chi connectivity index (χ3v) is 2.86. The topological polar surface area (TPSA) is 55.4 Å². The van der Waals surface area contributed by atoms with Gasteiger partial charge >= 0.3 is 5.97 Å². The van der Waals surface area contributed by atoms with Crippen molar-refractivity contribution in [3.63, 3.8) is 0 Å². The summed E-state index contributed by atoms with van der Waals surface area (Å²) in [7, 11) is 0. The maximum atomic E-state index is 12.0. The van der Waals surface area contributed by atoms with Crippen LogP contribution in [0.5, 0.6) is 0 Å². The van der Waals surface area contributed by atoms with Gasteiger partial charge in [0.05, 0.1) is 6.61 Å². The van der Waals surface area contributed by atoms with E-state index in [1.807, 2.05) is 0 Å². The van der Waals surface area contributed by atoms with Crippen LogP contribution in [0.1, 0.15) is 20.3 Å². The van der Waals surface area contributed by atoms with E-state index in [2.05, 4.69) is 5.32 Å². The molecule has 6 heteroatoms. The Kier molecular flexibility index (Phi) is 6.12. The van der Waals surface area contributed by atoms with Crippen molar-refractivity contribution in [2.75, 3.05) is 11.9 Å². The van der Waals surface area contributed by atoms with Gasteiger partial charge in [0.1, 0.15) is 5.92 Å². The van der Waals surface area contributed by atoms with Crippen molar-refractivity contribution < 1.29 is 14.3 Å². The molecule has 0 saturated carbocycles. The molecular weight excluding hydrogens is 289 g/mol. The van der Waals surface area contributed by atoms with Crippen molar-refractivity contribution in [2.45, 2.75) is 20.3 Å². The second kappa shape index (κ2) is 7.36. The van der Waals surface area contributed by atoms with Gasteiger partial charge in [0.2, 0.25) is 5.91 Å². The van der Waals surface area contributed by atoms with Gasteiger partial charge in [0.15, 0.2) is 0 Å². The molecule has 0 aliphatic rings. The summed E-state index contributed by atoms with van der Waals surface area (Å²) < 4.78 is 4.85. The lowest BCUT2D eigenvalue weighted by molar-refractivity contribution is -0.151. The van der Waals surface area contributed by atoms with Crippen LogP contribution in [-0.4, -0.2) is 18.5 Å². The molecule has 1 aromatic carbocycles. The van der Waals surface area contributed by atoms with E-state index in [0.717, 1.165) is 0 Å². The zero-order valence-electron chi connectivity index (χ0n) is 10.7. The quantitative estimate of drug-likeness (QED) is 0.669. The average Bonchev–Trinajstić information content (AvgIpc) is 2.28. The van der Waals surface area contributed by atoms with Gasteiger partial charge in [-0.1, -0.05) is 30.1 Å². The summed E-state index contributed by atoms with van der Waals surface area (Å²) in [4.78, 5) is 23.6. The largest absolute Gasteiger partial charge is 0.465 e. The number of hydrogen-bond donors (Lipinski definition) is 1. The summed E-state index contributed by atoms with van der Waals surface area (Å²) in [6.45, 7) is 3.68. The number of ether oxygens (including phenoxy) is 1. The molecule has 1 aromatic rings. The molecule has 1 N–H and O–H groups in total. The normalized spacial score (nSPS) is 11.8. The van der Waals surface area contributed by atoms with Crippen LogP contribution < -0.4 is 5.32 Å². The molecule has 19 heavy (non-hydrogen) atoms. The first-order valence-electron chi connectivity index (χ1n) is 5.91. The van der Waals surface area contributed by atoms with Crippen LogP contribution >= 0.6 is 23.2 Å². The zero-order valence-corrected chi connectivity index (χ0v) is 12.2. The Morgan fingerprint density at radius 3 is 2.26 bits per heavy atom. The zero-order chi connectivity index (χ0) is 14.4. The summed E-state index contributed by atoms with van der Waals surface area (Å²) in [5.41, 5.74) is 0.449. The van der Waals surface area contributed by atoms with E-state index in [1.54, 1.807) is 32.0 Å². The minimum Gasteiger partial charge on any atom is -0.465 e. The third kappa shape index (κ3) is 4.73. The number of rotatable bonds is 5. The molecule has 0 aliphatic heterocycles. The van der Waals surface area contributed by atoms with E-state index in [-0.39, 0.29) is 6.61 Å².